The molecule has 0 heterocycles. The molecule has 0 spiro atoms. The minimum absolute atomic E-state index is 0.122. The highest BCUT2D eigenvalue weighted by Crippen LogP contribution is 2.17. The van der Waals surface area contributed by atoms with Crippen molar-refractivity contribution in [1.29, 1.82) is 0 Å². The Balaban J connectivity index is 1.87. The lowest BCUT2D eigenvalue weighted by molar-refractivity contribution is -0.142. The van der Waals surface area contributed by atoms with Crippen LogP contribution in [0.15, 0.2) is 48.5 Å². The molecular formula is C17H18FNO3. The van der Waals surface area contributed by atoms with E-state index < -0.39 is 11.9 Å². The first-order chi connectivity index (χ1) is 10.6. The molecule has 2 rings (SSSR count). The molecule has 1 unspecified atom stereocenters. The van der Waals surface area contributed by atoms with Crippen molar-refractivity contribution in [2.24, 2.45) is 5.92 Å². The maximum atomic E-state index is 13.5. The van der Waals surface area contributed by atoms with Gasteiger partial charge in [0.05, 0.1) is 5.92 Å². The number of carboxylic acid groups (broad SMARTS) is 1. The summed E-state index contributed by atoms with van der Waals surface area (Å²) >= 11 is 0. The molecule has 0 aliphatic heterocycles. The van der Waals surface area contributed by atoms with Crippen LogP contribution in [0.2, 0.25) is 0 Å². The number of benzene rings is 2. The van der Waals surface area contributed by atoms with Gasteiger partial charge in [-0.05, 0) is 37.3 Å². The van der Waals surface area contributed by atoms with E-state index in [9.17, 15) is 9.18 Å². The Bertz CT molecular complexity index is 628. The Labute approximate surface area is 128 Å². The van der Waals surface area contributed by atoms with Crippen LogP contribution in [-0.2, 0) is 11.3 Å². The lowest BCUT2D eigenvalue weighted by atomic mass is 10.2. The van der Waals surface area contributed by atoms with Crippen LogP contribution in [-0.4, -0.2) is 17.7 Å². The highest BCUT2D eigenvalue weighted by Gasteiger charge is 2.11. The van der Waals surface area contributed by atoms with Gasteiger partial charge in [0, 0.05) is 17.8 Å². The van der Waals surface area contributed by atoms with Crippen molar-refractivity contribution >= 4 is 11.7 Å². The van der Waals surface area contributed by atoms with Crippen molar-refractivity contribution in [3.63, 3.8) is 0 Å². The number of anilines is 1. The molecule has 2 aromatic carbocycles. The normalized spacial score (nSPS) is 11.7. The van der Waals surface area contributed by atoms with E-state index in [1.54, 1.807) is 37.3 Å². The topological polar surface area (TPSA) is 58.6 Å². The highest BCUT2D eigenvalue weighted by atomic mass is 19.1. The van der Waals surface area contributed by atoms with Crippen molar-refractivity contribution < 1.29 is 19.0 Å². The number of halogens is 1. The van der Waals surface area contributed by atoms with Crippen LogP contribution in [0.3, 0.4) is 0 Å². The zero-order chi connectivity index (χ0) is 15.9. The maximum absolute atomic E-state index is 13.5. The molecule has 0 saturated heterocycles. The smallest absolute Gasteiger partial charge is 0.309 e. The first kappa shape index (κ1) is 15.8. The fourth-order valence-corrected chi connectivity index (χ4v) is 1.80. The van der Waals surface area contributed by atoms with Gasteiger partial charge in [0.15, 0.2) is 0 Å². The van der Waals surface area contributed by atoms with Crippen molar-refractivity contribution in [2.75, 3.05) is 11.9 Å². The van der Waals surface area contributed by atoms with Crippen LogP contribution in [0.5, 0.6) is 5.75 Å². The Hall–Kier alpha value is -2.56. The van der Waals surface area contributed by atoms with Crippen LogP contribution in [0.25, 0.3) is 0 Å². The van der Waals surface area contributed by atoms with Gasteiger partial charge in [-0.15, -0.1) is 0 Å². The Morgan fingerprint density at radius 2 is 1.91 bits per heavy atom. The zero-order valence-corrected chi connectivity index (χ0v) is 12.3. The predicted molar refractivity (Wildman–Crippen MR) is 82.5 cm³/mol. The second-order valence-corrected chi connectivity index (χ2v) is 5.02. The molecule has 2 aromatic rings. The van der Waals surface area contributed by atoms with Gasteiger partial charge in [0.25, 0.3) is 0 Å². The highest BCUT2D eigenvalue weighted by molar-refractivity contribution is 5.69. The number of hydrogen-bond donors (Lipinski definition) is 2. The molecule has 0 radical (unpaired) electrons. The van der Waals surface area contributed by atoms with E-state index in [1.165, 1.54) is 6.07 Å². The lowest BCUT2D eigenvalue weighted by Gasteiger charge is -2.11. The SMILES string of the molecule is CC(COc1ccc(NCc2ccccc2F)cc1)C(=O)O. The Kier molecular flexibility index (Phi) is 5.36. The van der Waals surface area contributed by atoms with E-state index in [2.05, 4.69) is 5.32 Å². The summed E-state index contributed by atoms with van der Waals surface area (Å²) in [6.07, 6.45) is 0. The van der Waals surface area contributed by atoms with Gasteiger partial charge in [0.2, 0.25) is 0 Å². The van der Waals surface area contributed by atoms with Gasteiger partial charge in [-0.2, -0.15) is 0 Å². The molecule has 0 aromatic heterocycles. The van der Waals surface area contributed by atoms with Crippen LogP contribution >= 0.6 is 0 Å². The van der Waals surface area contributed by atoms with Crippen LogP contribution in [0.4, 0.5) is 10.1 Å². The second-order valence-electron chi connectivity index (χ2n) is 5.02. The molecule has 0 aliphatic carbocycles. The maximum Gasteiger partial charge on any atom is 0.309 e. The summed E-state index contributed by atoms with van der Waals surface area (Å²) in [5.74, 6) is -1.08. The van der Waals surface area contributed by atoms with Crippen molar-refractivity contribution in [2.45, 2.75) is 13.5 Å². The summed E-state index contributed by atoms with van der Waals surface area (Å²) in [6, 6.07) is 13.7. The van der Waals surface area contributed by atoms with E-state index in [-0.39, 0.29) is 12.4 Å². The second kappa shape index (κ2) is 7.45. The summed E-state index contributed by atoms with van der Waals surface area (Å²) in [5.41, 5.74) is 1.43. The number of aliphatic carboxylic acids is 1. The molecular weight excluding hydrogens is 285 g/mol. The summed E-state index contributed by atoms with van der Waals surface area (Å²) in [5, 5.41) is 11.9. The van der Waals surface area contributed by atoms with Crippen LogP contribution in [0, 0.1) is 11.7 Å². The molecule has 2 N–H and O–H groups in total. The van der Waals surface area contributed by atoms with Gasteiger partial charge in [-0.25, -0.2) is 4.39 Å². The third-order valence-electron chi connectivity index (χ3n) is 3.22. The third-order valence-corrected chi connectivity index (χ3v) is 3.22. The number of carboxylic acids is 1. The number of ether oxygens (including phenoxy) is 1. The standard InChI is InChI=1S/C17H18FNO3/c1-12(17(20)21)11-22-15-8-6-14(7-9-15)19-10-13-4-2-3-5-16(13)18/h2-9,12,19H,10-11H2,1H3,(H,20,21). The van der Waals surface area contributed by atoms with Gasteiger partial charge in [-0.3, -0.25) is 4.79 Å². The number of rotatable bonds is 7. The summed E-state index contributed by atoms with van der Waals surface area (Å²) in [4.78, 5) is 10.7. The fourth-order valence-electron chi connectivity index (χ4n) is 1.80. The van der Waals surface area contributed by atoms with E-state index in [0.717, 1.165) is 5.69 Å². The minimum atomic E-state index is -0.886. The number of hydrogen-bond acceptors (Lipinski definition) is 3. The average molecular weight is 303 g/mol. The monoisotopic (exact) mass is 303 g/mol. The lowest BCUT2D eigenvalue weighted by Crippen LogP contribution is -2.17. The Morgan fingerprint density at radius 3 is 2.55 bits per heavy atom. The molecule has 22 heavy (non-hydrogen) atoms. The molecule has 1 atom stereocenters. The quantitative estimate of drug-likeness (QED) is 0.821. The van der Waals surface area contributed by atoms with Crippen molar-refractivity contribution in [3.05, 3.63) is 59.9 Å². The van der Waals surface area contributed by atoms with Gasteiger partial charge < -0.3 is 15.2 Å². The van der Waals surface area contributed by atoms with E-state index in [1.807, 2.05) is 12.1 Å². The minimum Gasteiger partial charge on any atom is -0.493 e. The molecule has 5 heteroatoms. The van der Waals surface area contributed by atoms with Crippen LogP contribution < -0.4 is 10.1 Å². The van der Waals surface area contributed by atoms with E-state index in [4.69, 9.17) is 9.84 Å². The molecule has 0 aliphatic rings. The molecule has 116 valence electrons. The Morgan fingerprint density at radius 1 is 1.23 bits per heavy atom. The number of nitrogens with one attached hydrogen (secondary N) is 1. The van der Waals surface area contributed by atoms with Gasteiger partial charge in [-0.1, -0.05) is 18.2 Å². The largest absolute Gasteiger partial charge is 0.493 e. The average Bonchev–Trinajstić information content (AvgIpc) is 2.52. The molecule has 0 amide bonds. The molecule has 4 nitrogen and oxygen atoms in total. The van der Waals surface area contributed by atoms with Crippen molar-refractivity contribution in [1.82, 2.24) is 0 Å². The fraction of sp³-hybridized carbons (Fsp3) is 0.235. The summed E-state index contributed by atoms with van der Waals surface area (Å²) < 4.78 is 18.9. The molecule has 0 fully saturated rings. The first-order valence-electron chi connectivity index (χ1n) is 6.99. The van der Waals surface area contributed by atoms with E-state index >= 15 is 0 Å². The molecule has 0 bridgehead atoms. The number of carbonyl (C=O) groups is 1. The van der Waals surface area contributed by atoms with E-state index in [0.29, 0.717) is 17.9 Å². The zero-order valence-electron chi connectivity index (χ0n) is 12.3. The third kappa shape index (κ3) is 4.48. The predicted octanol–water partition coefficient (Wildman–Crippen LogP) is 3.54. The summed E-state index contributed by atoms with van der Waals surface area (Å²) in [6.45, 7) is 2.10. The molecule has 0 saturated carbocycles. The first-order valence-corrected chi connectivity index (χ1v) is 6.99. The summed E-state index contributed by atoms with van der Waals surface area (Å²) in [7, 11) is 0. The van der Waals surface area contributed by atoms with Gasteiger partial charge >= 0.3 is 5.97 Å². The van der Waals surface area contributed by atoms with Crippen molar-refractivity contribution in [3.8, 4) is 5.75 Å². The van der Waals surface area contributed by atoms with Gasteiger partial charge in [0.1, 0.15) is 18.2 Å². The van der Waals surface area contributed by atoms with Crippen LogP contribution in [0.1, 0.15) is 12.5 Å².